The molecule has 3 aromatic rings. The average molecular weight is 296 g/mol. The van der Waals surface area contributed by atoms with Crippen LogP contribution in [0.5, 0.6) is 11.6 Å². The second-order valence-electron chi connectivity index (χ2n) is 5.63. The number of fused-ring (bicyclic) bond motifs is 3. The largest absolute Gasteiger partial charge is 0.438 e. The van der Waals surface area contributed by atoms with Crippen molar-refractivity contribution in [2.75, 3.05) is 0 Å². The van der Waals surface area contributed by atoms with E-state index in [2.05, 4.69) is 16.9 Å². The van der Waals surface area contributed by atoms with Crippen molar-refractivity contribution in [2.45, 2.75) is 26.2 Å². The normalized spacial score (nSPS) is 17.7. The summed E-state index contributed by atoms with van der Waals surface area (Å²) >= 11 is 1.80. The summed E-state index contributed by atoms with van der Waals surface area (Å²) in [5.74, 6) is 2.27. The smallest absolute Gasteiger partial charge is 0.231 e. The lowest BCUT2D eigenvalue weighted by Gasteiger charge is -2.18. The predicted molar refractivity (Wildman–Crippen MR) is 85.1 cm³/mol. The van der Waals surface area contributed by atoms with Gasteiger partial charge in [0.05, 0.1) is 5.39 Å². The Bertz CT molecular complexity index is 782. The summed E-state index contributed by atoms with van der Waals surface area (Å²) in [5.41, 5.74) is 1.40. The van der Waals surface area contributed by atoms with Crippen LogP contribution >= 0.6 is 11.3 Å². The number of para-hydroxylation sites is 1. The molecule has 0 unspecified atom stereocenters. The number of benzene rings is 1. The molecule has 2 heterocycles. The van der Waals surface area contributed by atoms with Gasteiger partial charge in [-0.15, -0.1) is 11.3 Å². The lowest BCUT2D eigenvalue weighted by molar-refractivity contribution is 0.466. The van der Waals surface area contributed by atoms with E-state index in [9.17, 15) is 0 Å². The first-order valence-electron chi connectivity index (χ1n) is 7.29. The van der Waals surface area contributed by atoms with E-state index in [-0.39, 0.29) is 0 Å². The van der Waals surface area contributed by atoms with E-state index < -0.39 is 0 Å². The molecule has 2 aromatic heterocycles. The van der Waals surface area contributed by atoms with Crippen LogP contribution in [-0.2, 0) is 12.8 Å². The fourth-order valence-electron chi connectivity index (χ4n) is 2.92. The van der Waals surface area contributed by atoms with Gasteiger partial charge < -0.3 is 4.74 Å². The summed E-state index contributed by atoms with van der Waals surface area (Å²) in [6, 6.07) is 9.83. The van der Waals surface area contributed by atoms with Gasteiger partial charge >= 0.3 is 0 Å². The molecule has 0 fully saturated rings. The molecule has 4 rings (SSSR count). The van der Waals surface area contributed by atoms with Crippen molar-refractivity contribution in [3.63, 3.8) is 0 Å². The molecule has 1 atom stereocenters. The van der Waals surface area contributed by atoms with Crippen molar-refractivity contribution in [1.82, 2.24) is 9.97 Å². The first-order chi connectivity index (χ1) is 10.3. The highest BCUT2D eigenvalue weighted by atomic mass is 32.1. The standard InChI is InChI=1S/C17H16N2OS/c1-11-7-8-13-14(9-11)21-17-15(13)16(18-10-19-17)20-12-5-3-2-4-6-12/h2-6,10-11H,7-9H2,1H3/t11-/m1/s1. The van der Waals surface area contributed by atoms with Gasteiger partial charge in [0.1, 0.15) is 16.9 Å². The Kier molecular flexibility index (Phi) is 3.11. The number of hydrogen-bond acceptors (Lipinski definition) is 4. The van der Waals surface area contributed by atoms with Gasteiger partial charge in [-0.3, -0.25) is 0 Å². The van der Waals surface area contributed by atoms with Crippen LogP contribution < -0.4 is 4.74 Å². The van der Waals surface area contributed by atoms with Crippen molar-refractivity contribution in [1.29, 1.82) is 0 Å². The predicted octanol–water partition coefficient (Wildman–Crippen LogP) is 4.61. The number of ether oxygens (including phenoxy) is 1. The summed E-state index contributed by atoms with van der Waals surface area (Å²) in [4.78, 5) is 11.3. The zero-order chi connectivity index (χ0) is 14.2. The Morgan fingerprint density at radius 3 is 2.90 bits per heavy atom. The van der Waals surface area contributed by atoms with Crippen molar-refractivity contribution < 1.29 is 4.74 Å². The molecular formula is C17H16N2OS. The quantitative estimate of drug-likeness (QED) is 0.692. The molecule has 1 aliphatic carbocycles. The maximum Gasteiger partial charge on any atom is 0.231 e. The lowest BCUT2D eigenvalue weighted by Crippen LogP contribution is -2.08. The van der Waals surface area contributed by atoms with Gasteiger partial charge in [0.25, 0.3) is 0 Å². The van der Waals surface area contributed by atoms with E-state index >= 15 is 0 Å². The maximum absolute atomic E-state index is 6.00. The van der Waals surface area contributed by atoms with Gasteiger partial charge in [-0.05, 0) is 42.9 Å². The minimum absolute atomic E-state index is 0.693. The van der Waals surface area contributed by atoms with E-state index in [4.69, 9.17) is 4.74 Å². The number of thiophene rings is 1. The Labute approximate surface area is 127 Å². The third-order valence-electron chi connectivity index (χ3n) is 4.01. The Hall–Kier alpha value is -1.94. The second-order valence-corrected chi connectivity index (χ2v) is 6.71. The Balaban J connectivity index is 1.82. The number of hydrogen-bond donors (Lipinski definition) is 0. The van der Waals surface area contributed by atoms with E-state index in [0.29, 0.717) is 5.88 Å². The molecule has 0 aliphatic heterocycles. The van der Waals surface area contributed by atoms with Crippen LogP contribution in [0, 0.1) is 5.92 Å². The van der Waals surface area contributed by atoms with Gasteiger partial charge in [-0.25, -0.2) is 9.97 Å². The molecule has 0 spiro atoms. The van der Waals surface area contributed by atoms with Crippen LogP contribution in [0.1, 0.15) is 23.8 Å². The van der Waals surface area contributed by atoms with Gasteiger partial charge in [0, 0.05) is 4.88 Å². The summed E-state index contributed by atoms with van der Waals surface area (Å²) in [5, 5.41) is 1.12. The van der Waals surface area contributed by atoms with E-state index in [1.807, 2.05) is 30.3 Å². The fraction of sp³-hybridized carbons (Fsp3) is 0.294. The minimum atomic E-state index is 0.693. The fourth-order valence-corrected chi connectivity index (χ4v) is 4.26. The first-order valence-corrected chi connectivity index (χ1v) is 8.11. The summed E-state index contributed by atoms with van der Waals surface area (Å²) in [6.07, 6.45) is 5.10. The molecule has 4 heteroatoms. The monoisotopic (exact) mass is 296 g/mol. The molecule has 0 N–H and O–H groups in total. The van der Waals surface area contributed by atoms with Gasteiger partial charge in [0.2, 0.25) is 5.88 Å². The zero-order valence-corrected chi connectivity index (χ0v) is 12.7. The number of aromatic nitrogens is 2. The minimum Gasteiger partial charge on any atom is -0.438 e. The molecule has 106 valence electrons. The summed E-state index contributed by atoms with van der Waals surface area (Å²) < 4.78 is 6.00. The molecular weight excluding hydrogens is 280 g/mol. The average Bonchev–Trinajstić information content (AvgIpc) is 2.86. The summed E-state index contributed by atoms with van der Waals surface area (Å²) in [6.45, 7) is 2.32. The molecule has 0 saturated carbocycles. The third kappa shape index (κ3) is 2.29. The van der Waals surface area contributed by atoms with Gasteiger partial charge in [-0.2, -0.15) is 0 Å². The topological polar surface area (TPSA) is 35.0 Å². The molecule has 3 nitrogen and oxygen atoms in total. The van der Waals surface area contributed by atoms with Crippen LogP contribution in [0.25, 0.3) is 10.2 Å². The number of aryl methyl sites for hydroxylation is 1. The molecule has 1 aromatic carbocycles. The Morgan fingerprint density at radius 2 is 2.05 bits per heavy atom. The van der Waals surface area contributed by atoms with Crippen molar-refractivity contribution >= 4 is 21.6 Å². The second kappa shape index (κ2) is 5.11. The number of rotatable bonds is 2. The van der Waals surface area contributed by atoms with E-state index in [1.54, 1.807) is 17.7 Å². The Morgan fingerprint density at radius 1 is 1.19 bits per heavy atom. The third-order valence-corrected chi connectivity index (χ3v) is 5.18. The highest BCUT2D eigenvalue weighted by Gasteiger charge is 2.23. The van der Waals surface area contributed by atoms with Gasteiger partial charge in [-0.1, -0.05) is 25.1 Å². The molecule has 1 aliphatic rings. The van der Waals surface area contributed by atoms with E-state index in [0.717, 1.165) is 34.7 Å². The molecule has 0 amide bonds. The molecule has 0 saturated heterocycles. The molecule has 21 heavy (non-hydrogen) atoms. The maximum atomic E-state index is 6.00. The van der Waals surface area contributed by atoms with Crippen LogP contribution in [-0.4, -0.2) is 9.97 Å². The SMILES string of the molecule is C[C@@H]1CCc2c(sc3ncnc(Oc4ccccc4)c23)C1. The first kappa shape index (κ1) is 12.8. The van der Waals surface area contributed by atoms with Crippen molar-refractivity contribution in [3.05, 3.63) is 47.1 Å². The van der Waals surface area contributed by atoms with E-state index in [1.165, 1.54) is 16.9 Å². The zero-order valence-electron chi connectivity index (χ0n) is 11.9. The van der Waals surface area contributed by atoms with Crippen molar-refractivity contribution in [3.8, 4) is 11.6 Å². The number of nitrogens with zero attached hydrogens (tertiary/aromatic N) is 2. The van der Waals surface area contributed by atoms with Crippen LogP contribution in [0.15, 0.2) is 36.7 Å². The molecule has 0 bridgehead atoms. The van der Waals surface area contributed by atoms with Crippen molar-refractivity contribution in [2.24, 2.45) is 5.92 Å². The van der Waals surface area contributed by atoms with Crippen LogP contribution in [0.2, 0.25) is 0 Å². The van der Waals surface area contributed by atoms with Crippen LogP contribution in [0.3, 0.4) is 0 Å². The van der Waals surface area contributed by atoms with Crippen LogP contribution in [0.4, 0.5) is 0 Å². The van der Waals surface area contributed by atoms with Gasteiger partial charge in [0.15, 0.2) is 0 Å². The lowest BCUT2D eigenvalue weighted by atomic mass is 9.89. The highest BCUT2D eigenvalue weighted by molar-refractivity contribution is 7.18. The molecule has 0 radical (unpaired) electrons. The highest BCUT2D eigenvalue weighted by Crippen LogP contribution is 2.41. The summed E-state index contributed by atoms with van der Waals surface area (Å²) in [7, 11) is 0.